The molecule has 2 N–H and O–H groups in total. The van der Waals surface area contributed by atoms with Crippen LogP contribution in [0.2, 0.25) is 0 Å². The third-order valence-corrected chi connectivity index (χ3v) is 5.48. The van der Waals surface area contributed by atoms with E-state index in [2.05, 4.69) is 5.32 Å². The van der Waals surface area contributed by atoms with Crippen molar-refractivity contribution in [3.8, 4) is 11.5 Å². The molecule has 0 saturated carbocycles. The molecule has 3 aromatic rings. The van der Waals surface area contributed by atoms with E-state index in [9.17, 15) is 14.3 Å². The van der Waals surface area contributed by atoms with Crippen LogP contribution in [-0.4, -0.2) is 29.9 Å². The van der Waals surface area contributed by atoms with Gasteiger partial charge in [0.25, 0.3) is 0 Å². The average molecular weight is 426 g/mol. The van der Waals surface area contributed by atoms with Gasteiger partial charge in [0.2, 0.25) is 0 Å². The summed E-state index contributed by atoms with van der Waals surface area (Å²) in [5.74, 6) is 0.192. The van der Waals surface area contributed by atoms with Crippen LogP contribution in [-0.2, 0) is 19.6 Å². The summed E-state index contributed by atoms with van der Waals surface area (Å²) in [5.41, 5.74) is 4.38. The Morgan fingerprint density at radius 1 is 1.03 bits per heavy atom. The Bertz CT molecular complexity index is 1070. The van der Waals surface area contributed by atoms with Crippen LogP contribution < -0.4 is 14.8 Å². The highest BCUT2D eigenvalue weighted by Gasteiger charge is 2.22. The van der Waals surface area contributed by atoms with Gasteiger partial charge in [-0.1, -0.05) is 12.1 Å². The lowest BCUT2D eigenvalue weighted by atomic mass is 10.1. The van der Waals surface area contributed by atoms with Crippen LogP contribution >= 0.6 is 0 Å². The van der Waals surface area contributed by atoms with Crippen molar-refractivity contribution in [1.29, 1.82) is 0 Å². The molecule has 0 bridgehead atoms. The summed E-state index contributed by atoms with van der Waals surface area (Å²) in [5, 5.41) is 13.2. The highest BCUT2D eigenvalue weighted by Crippen LogP contribution is 2.26. The number of carboxylic acid groups (broad SMARTS) is 1. The lowest BCUT2D eigenvalue weighted by Crippen LogP contribution is -2.16. The number of nitrogens with one attached hydrogen (secondary N) is 1. The second-order valence-corrected chi connectivity index (χ2v) is 7.32. The van der Waals surface area contributed by atoms with Gasteiger partial charge in [0.1, 0.15) is 17.3 Å². The van der Waals surface area contributed by atoms with Gasteiger partial charge >= 0.3 is 5.97 Å². The molecule has 0 spiro atoms. The summed E-state index contributed by atoms with van der Waals surface area (Å²) in [6, 6.07) is 11.8. The van der Waals surface area contributed by atoms with Crippen LogP contribution in [0.1, 0.15) is 38.4 Å². The molecule has 0 unspecified atom stereocenters. The number of carboxylic acids is 1. The molecule has 0 atom stereocenters. The topological polar surface area (TPSA) is 72.7 Å². The van der Waals surface area contributed by atoms with E-state index in [1.807, 2.05) is 29.7 Å². The molecule has 0 aliphatic carbocycles. The zero-order valence-electron chi connectivity index (χ0n) is 18.2. The lowest BCUT2D eigenvalue weighted by Gasteiger charge is -2.12. The normalized spacial score (nSPS) is 10.9. The van der Waals surface area contributed by atoms with E-state index in [4.69, 9.17) is 9.47 Å². The highest BCUT2D eigenvalue weighted by atomic mass is 19.1. The Kier molecular flexibility index (Phi) is 6.97. The molecule has 2 aromatic carbocycles. The summed E-state index contributed by atoms with van der Waals surface area (Å²) in [7, 11) is 3.21. The fraction of sp³-hybridized carbons (Fsp3) is 0.292. The Balaban J connectivity index is 1.84. The number of benzene rings is 2. The number of hydrogen-bond donors (Lipinski definition) is 2. The van der Waals surface area contributed by atoms with E-state index in [0.717, 1.165) is 33.9 Å². The minimum Gasteiger partial charge on any atom is -0.497 e. The molecule has 0 saturated heterocycles. The van der Waals surface area contributed by atoms with E-state index >= 15 is 0 Å². The number of hydrogen-bond acceptors (Lipinski definition) is 4. The Hall–Kier alpha value is -3.32. The van der Waals surface area contributed by atoms with Gasteiger partial charge in [-0.15, -0.1) is 0 Å². The van der Waals surface area contributed by atoms with E-state index < -0.39 is 5.97 Å². The van der Waals surface area contributed by atoms with Gasteiger partial charge in [0.15, 0.2) is 0 Å². The zero-order chi connectivity index (χ0) is 22.5. The maximum absolute atomic E-state index is 13.2. The summed E-state index contributed by atoms with van der Waals surface area (Å²) in [6.07, 6.45) is 0. The molecular weight excluding hydrogens is 399 g/mol. The number of carbonyl (C=O) groups is 1. The van der Waals surface area contributed by atoms with E-state index in [-0.39, 0.29) is 5.82 Å². The molecule has 0 aliphatic rings. The number of aromatic carboxylic acids is 1. The second kappa shape index (κ2) is 9.66. The molecule has 164 valence electrons. The van der Waals surface area contributed by atoms with Crippen LogP contribution in [0.5, 0.6) is 11.5 Å². The summed E-state index contributed by atoms with van der Waals surface area (Å²) < 4.78 is 25.9. The first-order valence-electron chi connectivity index (χ1n) is 9.93. The fourth-order valence-electron chi connectivity index (χ4n) is 3.80. The molecule has 1 heterocycles. The van der Waals surface area contributed by atoms with Crippen molar-refractivity contribution in [2.24, 2.45) is 0 Å². The SMILES string of the molecule is COc1ccc(OC)c(CNCc2c(C(=O)O)c(C)n(Cc3ccc(F)cc3)c2C)c1. The predicted molar refractivity (Wildman–Crippen MR) is 116 cm³/mol. The van der Waals surface area contributed by atoms with Gasteiger partial charge in [0.05, 0.1) is 19.8 Å². The van der Waals surface area contributed by atoms with Crippen molar-refractivity contribution in [2.45, 2.75) is 33.5 Å². The maximum atomic E-state index is 13.2. The molecule has 0 aliphatic heterocycles. The summed E-state index contributed by atoms with van der Waals surface area (Å²) in [6.45, 7) is 5.05. The van der Waals surface area contributed by atoms with Gasteiger partial charge in [-0.25, -0.2) is 9.18 Å². The Morgan fingerprint density at radius 3 is 2.35 bits per heavy atom. The first kappa shape index (κ1) is 22.4. The van der Waals surface area contributed by atoms with Crippen LogP contribution in [0.25, 0.3) is 0 Å². The monoisotopic (exact) mass is 426 g/mol. The summed E-state index contributed by atoms with van der Waals surface area (Å²) in [4.78, 5) is 12.0. The number of aromatic nitrogens is 1. The quantitative estimate of drug-likeness (QED) is 0.534. The van der Waals surface area contributed by atoms with Crippen molar-refractivity contribution in [1.82, 2.24) is 9.88 Å². The first-order chi connectivity index (χ1) is 14.8. The number of ether oxygens (including phenoxy) is 2. The van der Waals surface area contributed by atoms with Crippen LogP contribution in [0.15, 0.2) is 42.5 Å². The molecule has 0 amide bonds. The second-order valence-electron chi connectivity index (χ2n) is 7.32. The van der Waals surface area contributed by atoms with Gasteiger partial charge in [0, 0.05) is 42.1 Å². The number of methoxy groups -OCH3 is 2. The van der Waals surface area contributed by atoms with Crippen molar-refractivity contribution in [3.63, 3.8) is 0 Å². The molecule has 31 heavy (non-hydrogen) atoms. The molecule has 6 nitrogen and oxygen atoms in total. The zero-order valence-corrected chi connectivity index (χ0v) is 18.2. The largest absolute Gasteiger partial charge is 0.497 e. The first-order valence-corrected chi connectivity index (χ1v) is 9.93. The number of halogens is 1. The third kappa shape index (κ3) is 4.88. The minimum atomic E-state index is -0.964. The predicted octanol–water partition coefficient (Wildman–Crippen LogP) is 4.30. The van der Waals surface area contributed by atoms with Crippen molar-refractivity contribution < 1.29 is 23.8 Å². The van der Waals surface area contributed by atoms with Gasteiger partial charge in [-0.2, -0.15) is 0 Å². The smallest absolute Gasteiger partial charge is 0.337 e. The van der Waals surface area contributed by atoms with Crippen LogP contribution in [0.3, 0.4) is 0 Å². The Morgan fingerprint density at radius 2 is 1.74 bits per heavy atom. The van der Waals surface area contributed by atoms with Crippen molar-refractivity contribution >= 4 is 5.97 Å². The standard InChI is InChI=1S/C24H27FN2O4/c1-15-21(13-26-12-18-11-20(30-3)9-10-22(18)31-4)23(24(28)29)16(2)27(15)14-17-5-7-19(25)8-6-17/h5-11,26H,12-14H2,1-4H3,(H,28,29). The lowest BCUT2D eigenvalue weighted by molar-refractivity contribution is 0.0694. The maximum Gasteiger partial charge on any atom is 0.337 e. The van der Waals surface area contributed by atoms with E-state index in [0.29, 0.717) is 30.9 Å². The van der Waals surface area contributed by atoms with Gasteiger partial charge in [-0.05, 0) is 49.7 Å². The molecular formula is C24H27FN2O4. The van der Waals surface area contributed by atoms with Crippen LogP contribution in [0.4, 0.5) is 4.39 Å². The highest BCUT2D eigenvalue weighted by molar-refractivity contribution is 5.91. The van der Waals surface area contributed by atoms with E-state index in [1.54, 1.807) is 33.3 Å². The number of nitrogens with zero attached hydrogens (tertiary/aromatic N) is 1. The molecule has 3 rings (SSSR count). The van der Waals surface area contributed by atoms with E-state index in [1.165, 1.54) is 12.1 Å². The summed E-state index contributed by atoms with van der Waals surface area (Å²) >= 11 is 0. The molecule has 7 heteroatoms. The third-order valence-electron chi connectivity index (χ3n) is 5.48. The minimum absolute atomic E-state index is 0.296. The van der Waals surface area contributed by atoms with Crippen molar-refractivity contribution in [2.75, 3.05) is 14.2 Å². The fourth-order valence-corrected chi connectivity index (χ4v) is 3.80. The van der Waals surface area contributed by atoms with Gasteiger partial charge < -0.3 is 24.5 Å². The molecule has 0 radical (unpaired) electrons. The van der Waals surface area contributed by atoms with Crippen LogP contribution in [0, 0.1) is 19.7 Å². The Labute approximate surface area is 181 Å². The molecule has 1 aromatic heterocycles. The van der Waals surface area contributed by atoms with Gasteiger partial charge in [-0.3, -0.25) is 0 Å². The average Bonchev–Trinajstić information content (AvgIpc) is 2.99. The van der Waals surface area contributed by atoms with Crippen molar-refractivity contribution in [3.05, 3.63) is 81.9 Å². The number of rotatable bonds is 9. The molecule has 0 fully saturated rings.